The van der Waals surface area contributed by atoms with Crippen LogP contribution in [-0.2, 0) is 12.0 Å². The number of carbonyl (C=O) groups is 1. The average Bonchev–Trinajstić information content (AvgIpc) is 2.89. The van der Waals surface area contributed by atoms with Crippen molar-refractivity contribution in [1.29, 1.82) is 0 Å². The molecule has 7 heteroatoms. The molecule has 0 aliphatic carbocycles. The minimum Gasteiger partial charge on any atom is -0.336 e. The van der Waals surface area contributed by atoms with E-state index in [1.165, 1.54) is 4.68 Å². The van der Waals surface area contributed by atoms with Gasteiger partial charge in [0.05, 0.1) is 12.2 Å². The van der Waals surface area contributed by atoms with E-state index in [1.807, 2.05) is 6.92 Å². The van der Waals surface area contributed by atoms with Crippen molar-refractivity contribution in [2.45, 2.75) is 39.7 Å². The number of aromatic amines is 1. The van der Waals surface area contributed by atoms with E-state index in [9.17, 15) is 9.59 Å². The third-order valence-electron chi connectivity index (χ3n) is 4.24. The van der Waals surface area contributed by atoms with Crippen LogP contribution in [0.5, 0.6) is 0 Å². The highest BCUT2D eigenvalue weighted by molar-refractivity contribution is 5.92. The Morgan fingerprint density at radius 2 is 2.04 bits per heavy atom. The van der Waals surface area contributed by atoms with Crippen molar-refractivity contribution in [3.63, 3.8) is 0 Å². The fraction of sp³-hybridized carbons (Fsp3) is 0.529. The van der Waals surface area contributed by atoms with Gasteiger partial charge in [-0.05, 0) is 19.1 Å². The van der Waals surface area contributed by atoms with Gasteiger partial charge in [0.25, 0.3) is 11.5 Å². The van der Waals surface area contributed by atoms with Crippen LogP contribution < -0.4 is 5.56 Å². The monoisotopic (exact) mass is 329 g/mol. The Morgan fingerprint density at radius 3 is 2.62 bits per heavy atom. The molecule has 0 unspecified atom stereocenters. The van der Waals surface area contributed by atoms with E-state index in [0.717, 1.165) is 11.4 Å². The average molecular weight is 329 g/mol. The lowest BCUT2D eigenvalue weighted by Crippen LogP contribution is -2.52. The summed E-state index contributed by atoms with van der Waals surface area (Å²) < 4.78 is 1.52. The van der Waals surface area contributed by atoms with Crippen LogP contribution in [0.3, 0.4) is 0 Å². The van der Waals surface area contributed by atoms with E-state index in [4.69, 9.17) is 0 Å². The summed E-state index contributed by atoms with van der Waals surface area (Å²) in [5.41, 5.74) is 1.99. The molecule has 2 aromatic rings. The van der Waals surface area contributed by atoms with Gasteiger partial charge < -0.3 is 4.90 Å². The molecule has 0 radical (unpaired) electrons. The van der Waals surface area contributed by atoms with Crippen molar-refractivity contribution in [2.75, 3.05) is 13.1 Å². The number of nitrogens with zero attached hydrogens (tertiary/aromatic N) is 4. The highest BCUT2D eigenvalue weighted by Crippen LogP contribution is 2.21. The number of rotatable bonds is 3. The molecule has 1 amide bonds. The number of H-pyrrole nitrogens is 1. The summed E-state index contributed by atoms with van der Waals surface area (Å²) in [4.78, 5) is 26.0. The summed E-state index contributed by atoms with van der Waals surface area (Å²) in [7, 11) is 0. The summed E-state index contributed by atoms with van der Waals surface area (Å²) in [5, 5.41) is 11.3. The Kier molecular flexibility index (Phi) is 4.03. The molecule has 7 nitrogen and oxygen atoms in total. The first-order chi connectivity index (χ1) is 11.2. The number of aryl methyl sites for hydroxylation is 1. The summed E-state index contributed by atoms with van der Waals surface area (Å²) in [6, 6.07) is 5.10. The minimum absolute atomic E-state index is 0.0700. The maximum atomic E-state index is 12.3. The Bertz CT molecular complexity index is 809. The SMILES string of the molecule is Cc1cc(C(=O)N2CC(Cn3nc(C(C)(C)C)ccc3=O)C2)n[nH]1. The van der Waals surface area contributed by atoms with Gasteiger partial charge in [-0.3, -0.25) is 14.7 Å². The molecule has 1 aliphatic rings. The van der Waals surface area contributed by atoms with Crippen molar-refractivity contribution < 1.29 is 4.79 Å². The third kappa shape index (κ3) is 3.25. The Labute approximate surface area is 140 Å². The molecule has 128 valence electrons. The summed E-state index contributed by atoms with van der Waals surface area (Å²) in [6.45, 7) is 9.85. The molecule has 24 heavy (non-hydrogen) atoms. The number of carbonyl (C=O) groups excluding carboxylic acids is 1. The quantitative estimate of drug-likeness (QED) is 0.921. The zero-order valence-electron chi connectivity index (χ0n) is 14.5. The Balaban J connectivity index is 1.63. The second-order valence-corrected chi connectivity index (χ2v) is 7.50. The van der Waals surface area contributed by atoms with Gasteiger partial charge in [-0.1, -0.05) is 20.8 Å². The second-order valence-electron chi connectivity index (χ2n) is 7.50. The standard InChI is InChI=1S/C17H23N5O2/c1-11-7-13(19-18-11)16(24)21-8-12(9-21)10-22-15(23)6-5-14(20-22)17(2,3)4/h5-7,12H,8-10H2,1-4H3,(H,18,19). The molecular formula is C17H23N5O2. The lowest BCUT2D eigenvalue weighted by molar-refractivity contribution is 0.0451. The molecule has 1 saturated heterocycles. The molecule has 3 rings (SSSR count). The Morgan fingerprint density at radius 1 is 1.33 bits per heavy atom. The van der Waals surface area contributed by atoms with E-state index in [2.05, 4.69) is 36.1 Å². The molecule has 0 spiro atoms. The van der Waals surface area contributed by atoms with Gasteiger partial charge in [0.2, 0.25) is 0 Å². The highest BCUT2D eigenvalue weighted by Gasteiger charge is 2.33. The van der Waals surface area contributed by atoms with Gasteiger partial charge >= 0.3 is 0 Å². The van der Waals surface area contributed by atoms with Crippen molar-refractivity contribution in [1.82, 2.24) is 24.9 Å². The lowest BCUT2D eigenvalue weighted by atomic mass is 9.92. The predicted octanol–water partition coefficient (Wildman–Crippen LogP) is 1.34. The van der Waals surface area contributed by atoms with Crippen molar-refractivity contribution in [3.05, 3.63) is 45.6 Å². The topological polar surface area (TPSA) is 83.9 Å². The van der Waals surface area contributed by atoms with Crippen LogP contribution in [0.4, 0.5) is 0 Å². The first kappa shape index (κ1) is 16.4. The van der Waals surface area contributed by atoms with Crippen LogP contribution in [0.25, 0.3) is 0 Å². The second kappa shape index (κ2) is 5.89. The molecule has 0 aromatic carbocycles. The van der Waals surface area contributed by atoms with Crippen LogP contribution in [0.2, 0.25) is 0 Å². The molecule has 1 N–H and O–H groups in total. The zero-order chi connectivity index (χ0) is 17.5. The van der Waals surface area contributed by atoms with E-state index < -0.39 is 0 Å². The van der Waals surface area contributed by atoms with Crippen LogP contribution in [0, 0.1) is 12.8 Å². The molecule has 1 aliphatic heterocycles. The maximum Gasteiger partial charge on any atom is 0.274 e. The fourth-order valence-corrected chi connectivity index (χ4v) is 2.77. The summed E-state index contributed by atoms with van der Waals surface area (Å²) in [6.07, 6.45) is 0. The first-order valence-electron chi connectivity index (χ1n) is 8.14. The van der Waals surface area contributed by atoms with Crippen LogP contribution in [0.15, 0.2) is 23.0 Å². The lowest BCUT2D eigenvalue weighted by Gasteiger charge is -2.38. The van der Waals surface area contributed by atoms with Crippen LogP contribution in [-0.4, -0.2) is 43.9 Å². The van der Waals surface area contributed by atoms with E-state index in [1.54, 1.807) is 23.1 Å². The first-order valence-corrected chi connectivity index (χ1v) is 8.14. The summed E-state index contributed by atoms with van der Waals surface area (Å²) >= 11 is 0. The molecule has 1 fully saturated rings. The van der Waals surface area contributed by atoms with Crippen molar-refractivity contribution in [3.8, 4) is 0 Å². The highest BCUT2D eigenvalue weighted by atomic mass is 16.2. The fourth-order valence-electron chi connectivity index (χ4n) is 2.77. The number of aromatic nitrogens is 4. The predicted molar refractivity (Wildman–Crippen MR) is 89.9 cm³/mol. The number of hydrogen-bond donors (Lipinski definition) is 1. The Hall–Kier alpha value is -2.44. The minimum atomic E-state index is -0.102. The number of amides is 1. The third-order valence-corrected chi connectivity index (χ3v) is 4.24. The van der Waals surface area contributed by atoms with E-state index >= 15 is 0 Å². The van der Waals surface area contributed by atoms with Crippen molar-refractivity contribution >= 4 is 5.91 Å². The van der Waals surface area contributed by atoms with E-state index in [0.29, 0.717) is 25.3 Å². The van der Waals surface area contributed by atoms with Gasteiger partial charge in [0.1, 0.15) is 5.69 Å². The van der Waals surface area contributed by atoms with Gasteiger partial charge in [-0.2, -0.15) is 10.2 Å². The number of nitrogens with one attached hydrogen (secondary N) is 1. The summed E-state index contributed by atoms with van der Waals surface area (Å²) in [5.74, 6) is 0.175. The van der Waals surface area contributed by atoms with E-state index in [-0.39, 0.29) is 22.8 Å². The zero-order valence-corrected chi connectivity index (χ0v) is 14.5. The maximum absolute atomic E-state index is 12.3. The van der Waals surface area contributed by atoms with Crippen molar-refractivity contribution in [2.24, 2.45) is 5.92 Å². The van der Waals surface area contributed by atoms with Gasteiger partial charge in [0.15, 0.2) is 0 Å². The molecule has 3 heterocycles. The molecular weight excluding hydrogens is 306 g/mol. The smallest absolute Gasteiger partial charge is 0.274 e. The molecule has 0 atom stereocenters. The van der Waals surface area contributed by atoms with Gasteiger partial charge in [0, 0.05) is 36.2 Å². The van der Waals surface area contributed by atoms with Gasteiger partial charge in [-0.15, -0.1) is 0 Å². The number of likely N-dealkylation sites (tertiary alicyclic amines) is 1. The van der Waals surface area contributed by atoms with Crippen LogP contribution in [0.1, 0.15) is 42.6 Å². The molecule has 2 aromatic heterocycles. The molecule has 0 bridgehead atoms. The normalized spacial score (nSPS) is 15.4. The number of hydrogen-bond acceptors (Lipinski definition) is 4. The van der Waals surface area contributed by atoms with Gasteiger partial charge in [-0.25, -0.2) is 4.68 Å². The largest absolute Gasteiger partial charge is 0.336 e. The van der Waals surface area contributed by atoms with Crippen LogP contribution >= 0.6 is 0 Å². The molecule has 0 saturated carbocycles.